The molecule has 0 aliphatic carbocycles. The Morgan fingerprint density at radius 2 is 1.14 bits per heavy atom. The molecule has 0 amide bonds. The number of halogens is 1. The summed E-state index contributed by atoms with van der Waals surface area (Å²) in [5, 5.41) is 7.03. The van der Waals surface area contributed by atoms with E-state index in [0.29, 0.717) is 0 Å². The fourth-order valence-corrected chi connectivity index (χ4v) is 2.07. The van der Waals surface area contributed by atoms with Gasteiger partial charge in [0.2, 0.25) is 0 Å². The van der Waals surface area contributed by atoms with E-state index < -0.39 is 0 Å². The van der Waals surface area contributed by atoms with Crippen LogP contribution in [0.3, 0.4) is 0 Å². The summed E-state index contributed by atoms with van der Waals surface area (Å²) < 4.78 is 0. The van der Waals surface area contributed by atoms with Gasteiger partial charge in [0.1, 0.15) is 0 Å². The molecule has 2 rings (SSSR count). The second-order valence-corrected chi connectivity index (χ2v) is 5.76. The summed E-state index contributed by atoms with van der Waals surface area (Å²) in [7, 11) is 3.93. The Bertz CT molecular complexity index is 456. The average Bonchev–Trinajstić information content (AvgIpc) is 2.54. The van der Waals surface area contributed by atoms with Crippen LogP contribution in [0.5, 0.6) is 0 Å². The van der Waals surface area contributed by atoms with E-state index in [0.717, 1.165) is 31.0 Å². The molecule has 22 heavy (non-hydrogen) atoms. The summed E-state index contributed by atoms with van der Waals surface area (Å²) in [5.74, 6) is 0. The summed E-state index contributed by atoms with van der Waals surface area (Å²) >= 11 is 5.73. The lowest BCUT2D eigenvalue weighted by Crippen LogP contribution is -2.10. The van der Waals surface area contributed by atoms with Crippen molar-refractivity contribution in [1.82, 2.24) is 10.6 Å². The molecule has 0 aliphatic heterocycles. The summed E-state index contributed by atoms with van der Waals surface area (Å²) in [4.78, 5) is 0. The van der Waals surface area contributed by atoms with Crippen molar-refractivity contribution in [3.8, 4) is 0 Å². The van der Waals surface area contributed by atoms with Crippen LogP contribution in [0.15, 0.2) is 48.5 Å². The largest absolute Gasteiger partial charge is 0.319 e. The van der Waals surface area contributed by atoms with Crippen molar-refractivity contribution >= 4 is 11.6 Å². The zero-order valence-electron chi connectivity index (χ0n) is 13.8. The van der Waals surface area contributed by atoms with Crippen LogP contribution in [-0.4, -0.2) is 27.2 Å². The molecule has 3 heteroatoms. The van der Waals surface area contributed by atoms with Crippen molar-refractivity contribution in [2.45, 2.75) is 19.8 Å². The molecule has 0 aromatic heterocycles. The topological polar surface area (TPSA) is 24.1 Å². The predicted molar refractivity (Wildman–Crippen MR) is 97.9 cm³/mol. The number of benzene rings is 2. The number of likely N-dealkylation sites (N-methyl/N-ethyl adjacent to an activating group) is 2. The first-order chi connectivity index (χ1) is 10.7. The second-order valence-electron chi connectivity index (χ2n) is 5.32. The lowest BCUT2D eigenvalue weighted by molar-refractivity contribution is 0.791. The normalized spacial score (nSPS) is 10.0. The average molecular weight is 319 g/mol. The fraction of sp³-hybridized carbons (Fsp3) is 0.368. The molecule has 0 spiro atoms. The molecular formula is C19H27ClN2. The SMILES string of the molecule is CNCCc1ccc(C)cc1.CNCCc1ccc(Cl)cc1. The van der Waals surface area contributed by atoms with E-state index in [4.69, 9.17) is 11.6 Å². The molecule has 2 aromatic rings. The highest BCUT2D eigenvalue weighted by molar-refractivity contribution is 6.30. The summed E-state index contributed by atoms with van der Waals surface area (Å²) in [6.07, 6.45) is 2.18. The van der Waals surface area contributed by atoms with Gasteiger partial charge in [0.25, 0.3) is 0 Å². The van der Waals surface area contributed by atoms with Gasteiger partial charge < -0.3 is 10.6 Å². The first kappa shape index (κ1) is 18.7. The molecule has 2 N–H and O–H groups in total. The number of rotatable bonds is 6. The third-order valence-corrected chi connectivity index (χ3v) is 3.61. The van der Waals surface area contributed by atoms with Gasteiger partial charge in [-0.3, -0.25) is 0 Å². The van der Waals surface area contributed by atoms with E-state index >= 15 is 0 Å². The Balaban J connectivity index is 0.000000220. The lowest BCUT2D eigenvalue weighted by Gasteiger charge is -2.00. The smallest absolute Gasteiger partial charge is 0.0406 e. The number of hydrogen-bond acceptors (Lipinski definition) is 2. The van der Waals surface area contributed by atoms with Crippen LogP contribution < -0.4 is 10.6 Å². The van der Waals surface area contributed by atoms with Crippen LogP contribution in [0.25, 0.3) is 0 Å². The van der Waals surface area contributed by atoms with E-state index in [1.54, 1.807) is 0 Å². The van der Waals surface area contributed by atoms with E-state index in [2.05, 4.69) is 54.0 Å². The molecule has 0 aliphatic rings. The second kappa shape index (κ2) is 11.2. The molecular weight excluding hydrogens is 292 g/mol. The standard InChI is InChI=1S/C10H15N.C9H12ClN/c1-9-3-5-10(6-4-9)7-8-11-2;1-11-7-6-8-2-4-9(10)5-3-8/h3-6,11H,7-8H2,1-2H3;2-5,11H,6-7H2,1H3. The van der Waals surface area contributed by atoms with Crippen LogP contribution in [0, 0.1) is 6.92 Å². The van der Waals surface area contributed by atoms with Gasteiger partial charge >= 0.3 is 0 Å². The molecule has 0 saturated heterocycles. The first-order valence-electron chi connectivity index (χ1n) is 7.75. The van der Waals surface area contributed by atoms with E-state index in [-0.39, 0.29) is 0 Å². The van der Waals surface area contributed by atoms with Crippen LogP contribution in [0.2, 0.25) is 5.02 Å². The Kier molecular flexibility index (Phi) is 9.56. The van der Waals surface area contributed by atoms with Gasteiger partial charge in [0, 0.05) is 5.02 Å². The monoisotopic (exact) mass is 318 g/mol. The first-order valence-corrected chi connectivity index (χ1v) is 8.12. The third-order valence-electron chi connectivity index (χ3n) is 3.36. The van der Waals surface area contributed by atoms with Gasteiger partial charge in [0.15, 0.2) is 0 Å². The van der Waals surface area contributed by atoms with Crippen molar-refractivity contribution in [2.75, 3.05) is 27.2 Å². The molecule has 120 valence electrons. The maximum absolute atomic E-state index is 5.73. The maximum atomic E-state index is 5.73. The van der Waals surface area contributed by atoms with E-state index in [9.17, 15) is 0 Å². The van der Waals surface area contributed by atoms with Crippen LogP contribution >= 0.6 is 11.6 Å². The van der Waals surface area contributed by atoms with Crippen molar-refractivity contribution in [2.24, 2.45) is 0 Å². The molecule has 0 heterocycles. The van der Waals surface area contributed by atoms with Crippen LogP contribution in [-0.2, 0) is 12.8 Å². The molecule has 0 radical (unpaired) electrons. The highest BCUT2D eigenvalue weighted by Crippen LogP contribution is 2.09. The third kappa shape index (κ3) is 8.18. The summed E-state index contributed by atoms with van der Waals surface area (Å²) in [6, 6.07) is 16.6. The van der Waals surface area contributed by atoms with Gasteiger partial charge in [-0.1, -0.05) is 53.6 Å². The Morgan fingerprint density at radius 3 is 1.55 bits per heavy atom. The van der Waals surface area contributed by atoms with Gasteiger partial charge in [-0.05, 0) is 70.2 Å². The number of hydrogen-bond donors (Lipinski definition) is 2. The molecule has 2 nitrogen and oxygen atoms in total. The maximum Gasteiger partial charge on any atom is 0.0406 e. The zero-order valence-corrected chi connectivity index (χ0v) is 14.6. The van der Waals surface area contributed by atoms with Crippen LogP contribution in [0.1, 0.15) is 16.7 Å². The van der Waals surface area contributed by atoms with Crippen LogP contribution in [0.4, 0.5) is 0 Å². The van der Waals surface area contributed by atoms with Gasteiger partial charge in [-0.15, -0.1) is 0 Å². The van der Waals surface area contributed by atoms with E-state index in [1.165, 1.54) is 16.7 Å². The van der Waals surface area contributed by atoms with Gasteiger partial charge in [-0.25, -0.2) is 0 Å². The predicted octanol–water partition coefficient (Wildman–Crippen LogP) is 3.86. The number of nitrogens with one attached hydrogen (secondary N) is 2. The lowest BCUT2D eigenvalue weighted by atomic mass is 10.1. The molecule has 0 atom stereocenters. The molecule has 0 fully saturated rings. The molecule has 0 unspecified atom stereocenters. The summed E-state index contributed by atoms with van der Waals surface area (Å²) in [6.45, 7) is 4.19. The zero-order chi connectivity index (χ0) is 16.2. The Morgan fingerprint density at radius 1 is 0.727 bits per heavy atom. The van der Waals surface area contributed by atoms with Crippen molar-refractivity contribution in [3.63, 3.8) is 0 Å². The minimum atomic E-state index is 0.804. The highest BCUT2D eigenvalue weighted by atomic mass is 35.5. The highest BCUT2D eigenvalue weighted by Gasteiger charge is 1.91. The van der Waals surface area contributed by atoms with Crippen molar-refractivity contribution < 1.29 is 0 Å². The quantitative estimate of drug-likeness (QED) is 0.845. The van der Waals surface area contributed by atoms with E-state index in [1.807, 2.05) is 26.2 Å². The molecule has 0 bridgehead atoms. The van der Waals surface area contributed by atoms with Crippen molar-refractivity contribution in [3.05, 3.63) is 70.2 Å². The Labute approximate surface area is 139 Å². The Hall–Kier alpha value is -1.35. The molecule has 0 saturated carbocycles. The minimum Gasteiger partial charge on any atom is -0.319 e. The molecule has 2 aromatic carbocycles. The van der Waals surface area contributed by atoms with Gasteiger partial charge in [-0.2, -0.15) is 0 Å². The fourth-order valence-electron chi connectivity index (χ4n) is 1.94. The minimum absolute atomic E-state index is 0.804. The van der Waals surface area contributed by atoms with Gasteiger partial charge in [0.05, 0.1) is 0 Å². The summed E-state index contributed by atoms with van der Waals surface area (Å²) in [5.41, 5.74) is 4.06. The van der Waals surface area contributed by atoms with Crippen molar-refractivity contribution in [1.29, 1.82) is 0 Å². The number of aryl methyl sites for hydroxylation is 1.